The van der Waals surface area contributed by atoms with Gasteiger partial charge in [0.15, 0.2) is 16.0 Å². The lowest BCUT2D eigenvalue weighted by Gasteiger charge is -1.95. The van der Waals surface area contributed by atoms with Crippen molar-refractivity contribution in [1.82, 2.24) is 4.98 Å². The number of hydrogen-bond donors (Lipinski definition) is 2. The van der Waals surface area contributed by atoms with E-state index in [1.807, 2.05) is 0 Å². The Morgan fingerprint density at radius 2 is 2.26 bits per heavy atom. The molecular weight excluding hydrogens is 336 g/mol. The van der Waals surface area contributed by atoms with Gasteiger partial charge in [-0.25, -0.2) is 4.98 Å². The Hall–Kier alpha value is -2.65. The Morgan fingerprint density at radius 3 is 2.91 bits per heavy atom. The third kappa shape index (κ3) is 4.41. The van der Waals surface area contributed by atoms with Crippen LogP contribution in [-0.4, -0.2) is 20.8 Å². The lowest BCUT2D eigenvalue weighted by atomic mass is 10.1. The number of ketones is 1. The van der Waals surface area contributed by atoms with Crippen LogP contribution in [0.2, 0.25) is 0 Å². The number of rotatable bonds is 5. The zero-order valence-electron chi connectivity index (χ0n) is 12.0. The number of nitrogens with zero attached hydrogens (tertiary/aromatic N) is 2. The predicted molar refractivity (Wildman–Crippen MR) is 93.7 cm³/mol. The number of nitrogens with one attached hydrogen (secondary N) is 1. The number of thiazole rings is 1. The van der Waals surface area contributed by atoms with Crippen molar-refractivity contribution >= 4 is 51.3 Å². The Kier molecular flexibility index (Phi) is 5.14. The smallest absolute Gasteiger partial charge is 0.270 e. The molecule has 1 aromatic heterocycles. The molecule has 0 aliphatic carbocycles. The van der Waals surface area contributed by atoms with Gasteiger partial charge >= 0.3 is 0 Å². The number of carbonyl (C=O) groups excluding carboxylic acids is 1. The highest BCUT2D eigenvalue weighted by molar-refractivity contribution is 7.80. The molecule has 0 atom stereocenters. The number of aromatic nitrogens is 1. The molecule has 0 aliphatic rings. The minimum Gasteiger partial charge on any atom is -0.376 e. The highest BCUT2D eigenvalue weighted by Crippen LogP contribution is 2.23. The number of allylic oxidation sites excluding steroid dienone is 1. The summed E-state index contributed by atoms with van der Waals surface area (Å²) in [5.74, 6) is -0.248. The summed E-state index contributed by atoms with van der Waals surface area (Å²) in [6, 6.07) is 6.02. The van der Waals surface area contributed by atoms with Gasteiger partial charge in [0.25, 0.3) is 5.69 Å². The second kappa shape index (κ2) is 7.07. The fourth-order valence-corrected chi connectivity index (χ4v) is 2.83. The van der Waals surface area contributed by atoms with Crippen LogP contribution in [0.1, 0.15) is 20.9 Å². The van der Waals surface area contributed by atoms with Crippen molar-refractivity contribution in [3.8, 4) is 0 Å². The number of nitro benzene ring substituents is 1. The second-order valence-corrected chi connectivity index (χ2v) is 5.91. The zero-order chi connectivity index (χ0) is 17.0. The van der Waals surface area contributed by atoms with Gasteiger partial charge in [-0.05, 0) is 30.8 Å². The molecule has 0 amide bonds. The van der Waals surface area contributed by atoms with Crippen LogP contribution in [0.4, 0.5) is 10.8 Å². The first-order valence-corrected chi connectivity index (χ1v) is 7.60. The van der Waals surface area contributed by atoms with Gasteiger partial charge < -0.3 is 11.1 Å². The zero-order valence-corrected chi connectivity index (χ0v) is 13.6. The van der Waals surface area contributed by atoms with Gasteiger partial charge in [0.05, 0.1) is 15.5 Å². The maximum atomic E-state index is 12.2. The first-order chi connectivity index (χ1) is 10.9. The highest BCUT2D eigenvalue weighted by Gasteiger charge is 2.13. The van der Waals surface area contributed by atoms with Crippen LogP contribution in [0.5, 0.6) is 0 Å². The largest absolute Gasteiger partial charge is 0.376 e. The van der Waals surface area contributed by atoms with Gasteiger partial charge in [-0.2, -0.15) is 0 Å². The molecule has 0 aliphatic heterocycles. The molecule has 1 aromatic carbocycles. The number of thiocarbonyl (C=S) groups is 1. The van der Waals surface area contributed by atoms with Crippen LogP contribution in [0, 0.1) is 17.0 Å². The molecule has 0 saturated heterocycles. The van der Waals surface area contributed by atoms with E-state index in [-0.39, 0.29) is 16.6 Å². The van der Waals surface area contributed by atoms with Gasteiger partial charge in [-0.3, -0.25) is 14.9 Å². The van der Waals surface area contributed by atoms with Crippen molar-refractivity contribution in [3.63, 3.8) is 0 Å². The quantitative estimate of drug-likeness (QED) is 0.281. The SMILES string of the molecule is Cc1nc(NC(N)=S)sc1C(=O)C=Cc1cccc([N+](=O)[O-])c1. The Labute approximate surface area is 141 Å². The number of hydrogen-bond acceptors (Lipinski definition) is 6. The van der Waals surface area contributed by atoms with E-state index in [4.69, 9.17) is 18.0 Å². The fourth-order valence-electron chi connectivity index (χ4n) is 1.77. The first-order valence-electron chi connectivity index (χ1n) is 6.37. The molecule has 9 heteroatoms. The number of carbonyl (C=O) groups is 1. The number of nitrogens with two attached hydrogens (primary N) is 1. The minimum atomic E-state index is -0.486. The summed E-state index contributed by atoms with van der Waals surface area (Å²) >= 11 is 5.86. The van der Waals surface area contributed by atoms with E-state index in [1.165, 1.54) is 24.3 Å². The van der Waals surface area contributed by atoms with E-state index in [9.17, 15) is 14.9 Å². The molecule has 0 radical (unpaired) electrons. The van der Waals surface area contributed by atoms with E-state index < -0.39 is 4.92 Å². The molecule has 0 spiro atoms. The Bertz CT molecular complexity index is 814. The molecule has 118 valence electrons. The van der Waals surface area contributed by atoms with Crippen molar-refractivity contribution in [2.24, 2.45) is 5.73 Å². The highest BCUT2D eigenvalue weighted by atomic mass is 32.1. The second-order valence-electron chi connectivity index (χ2n) is 4.47. The molecule has 2 aromatic rings. The van der Waals surface area contributed by atoms with E-state index in [0.717, 1.165) is 11.3 Å². The molecule has 7 nitrogen and oxygen atoms in total. The summed E-state index contributed by atoms with van der Waals surface area (Å²) in [7, 11) is 0. The van der Waals surface area contributed by atoms with Gasteiger partial charge in [0.1, 0.15) is 0 Å². The average Bonchev–Trinajstić information content (AvgIpc) is 2.84. The summed E-state index contributed by atoms with van der Waals surface area (Å²) in [5, 5.41) is 13.9. The predicted octanol–water partition coefficient (Wildman–Crippen LogP) is 2.91. The van der Waals surface area contributed by atoms with E-state index in [2.05, 4.69) is 10.3 Å². The van der Waals surface area contributed by atoms with E-state index >= 15 is 0 Å². The van der Waals surface area contributed by atoms with Crippen LogP contribution in [0.3, 0.4) is 0 Å². The molecule has 3 N–H and O–H groups in total. The monoisotopic (exact) mass is 348 g/mol. The normalized spacial score (nSPS) is 10.7. The average molecular weight is 348 g/mol. The molecular formula is C14H12N4O3S2. The van der Waals surface area contributed by atoms with Crippen LogP contribution < -0.4 is 11.1 Å². The molecule has 0 unspecified atom stereocenters. The van der Waals surface area contributed by atoms with Crippen molar-refractivity contribution in [1.29, 1.82) is 0 Å². The summed E-state index contributed by atoms with van der Waals surface area (Å²) in [5.41, 5.74) is 6.46. The minimum absolute atomic E-state index is 0.0310. The molecule has 0 bridgehead atoms. The summed E-state index contributed by atoms with van der Waals surface area (Å²) < 4.78 is 0. The fraction of sp³-hybridized carbons (Fsp3) is 0.0714. The van der Waals surface area contributed by atoms with Crippen molar-refractivity contribution in [2.45, 2.75) is 6.92 Å². The van der Waals surface area contributed by atoms with Crippen molar-refractivity contribution < 1.29 is 9.72 Å². The van der Waals surface area contributed by atoms with E-state index in [0.29, 0.717) is 21.3 Å². The Balaban J connectivity index is 2.18. The van der Waals surface area contributed by atoms with Crippen LogP contribution in [0.25, 0.3) is 6.08 Å². The number of nitro groups is 1. The van der Waals surface area contributed by atoms with Crippen molar-refractivity contribution in [3.05, 3.63) is 56.6 Å². The molecule has 1 heterocycles. The Morgan fingerprint density at radius 1 is 1.52 bits per heavy atom. The lowest BCUT2D eigenvalue weighted by Crippen LogP contribution is -2.18. The number of non-ortho nitro benzene ring substituents is 1. The maximum Gasteiger partial charge on any atom is 0.270 e. The molecule has 23 heavy (non-hydrogen) atoms. The summed E-state index contributed by atoms with van der Waals surface area (Å²) in [6.07, 6.45) is 2.87. The summed E-state index contributed by atoms with van der Waals surface area (Å²) in [6.45, 7) is 1.70. The third-order valence-corrected chi connectivity index (χ3v) is 3.95. The molecule has 0 fully saturated rings. The van der Waals surface area contributed by atoms with Gasteiger partial charge in [0, 0.05) is 12.1 Å². The summed E-state index contributed by atoms with van der Waals surface area (Å²) in [4.78, 5) is 27.1. The van der Waals surface area contributed by atoms with E-state index in [1.54, 1.807) is 19.1 Å². The topological polar surface area (TPSA) is 111 Å². The number of anilines is 1. The number of benzene rings is 1. The third-order valence-electron chi connectivity index (χ3n) is 2.76. The van der Waals surface area contributed by atoms with Gasteiger partial charge in [-0.15, -0.1) is 0 Å². The van der Waals surface area contributed by atoms with Crippen LogP contribution >= 0.6 is 23.6 Å². The van der Waals surface area contributed by atoms with Gasteiger partial charge in [-0.1, -0.05) is 29.5 Å². The maximum absolute atomic E-state index is 12.2. The number of aryl methyl sites for hydroxylation is 1. The van der Waals surface area contributed by atoms with Gasteiger partial charge in [0.2, 0.25) is 0 Å². The standard InChI is InChI=1S/C14H12N4O3S2/c1-8-12(23-14(16-8)17-13(15)22)11(19)6-5-9-3-2-4-10(7-9)18(20)21/h2-7H,1H3,(H3,15,16,17,22). The molecule has 0 saturated carbocycles. The first kappa shape index (κ1) is 16.7. The van der Waals surface area contributed by atoms with Crippen LogP contribution in [-0.2, 0) is 0 Å². The van der Waals surface area contributed by atoms with Crippen molar-refractivity contribution in [2.75, 3.05) is 5.32 Å². The molecule has 2 rings (SSSR count). The lowest BCUT2D eigenvalue weighted by molar-refractivity contribution is -0.384. The van der Waals surface area contributed by atoms with Crippen LogP contribution in [0.15, 0.2) is 30.3 Å².